The molecule has 4 aromatic rings. The molecule has 2 amide bonds. The zero-order chi connectivity index (χ0) is 26.0. The van der Waals surface area contributed by atoms with E-state index >= 15 is 0 Å². The van der Waals surface area contributed by atoms with E-state index in [1.54, 1.807) is 36.4 Å². The lowest BCUT2D eigenvalue weighted by atomic mass is 10.0. The number of carbonyl (C=O) groups excluding carboxylic acids is 2. The summed E-state index contributed by atoms with van der Waals surface area (Å²) in [5.41, 5.74) is 4.74. The number of para-hydroxylation sites is 2. The summed E-state index contributed by atoms with van der Waals surface area (Å²) >= 11 is 0. The Kier molecular flexibility index (Phi) is 8.33. The first-order chi connectivity index (χ1) is 18.1. The van der Waals surface area contributed by atoms with Gasteiger partial charge in [-0.2, -0.15) is 5.10 Å². The number of hydrogen-bond donors (Lipinski definition) is 2. The molecular formula is C29H27N3O5. The summed E-state index contributed by atoms with van der Waals surface area (Å²) in [5, 5.41) is 8.95. The molecule has 0 aromatic heterocycles. The minimum absolute atomic E-state index is 0.214. The number of methoxy groups -OCH3 is 2. The Labute approximate surface area is 214 Å². The lowest BCUT2D eigenvalue weighted by Crippen LogP contribution is -2.20. The molecule has 188 valence electrons. The first-order valence-electron chi connectivity index (χ1n) is 11.6. The molecule has 37 heavy (non-hydrogen) atoms. The number of anilines is 1. The average Bonchev–Trinajstić information content (AvgIpc) is 2.92. The number of fused-ring (bicyclic) bond motifs is 1. The monoisotopic (exact) mass is 497 g/mol. The fraction of sp³-hybridized carbons (Fsp3) is 0.138. The Morgan fingerprint density at radius 3 is 2.41 bits per heavy atom. The van der Waals surface area contributed by atoms with Gasteiger partial charge in [-0.3, -0.25) is 9.59 Å². The van der Waals surface area contributed by atoms with Crippen LogP contribution in [0.2, 0.25) is 0 Å². The molecule has 4 rings (SSSR count). The quantitative estimate of drug-likeness (QED) is 0.247. The summed E-state index contributed by atoms with van der Waals surface area (Å²) in [4.78, 5) is 24.8. The largest absolute Gasteiger partial charge is 0.495 e. The Morgan fingerprint density at radius 2 is 1.57 bits per heavy atom. The van der Waals surface area contributed by atoms with Gasteiger partial charge in [0.1, 0.15) is 5.75 Å². The molecule has 0 aliphatic rings. The minimum Gasteiger partial charge on any atom is -0.495 e. The number of hydrogen-bond acceptors (Lipinski definition) is 6. The number of ether oxygens (including phenoxy) is 3. The van der Waals surface area contributed by atoms with Crippen LogP contribution in [0, 0.1) is 0 Å². The van der Waals surface area contributed by atoms with Gasteiger partial charge in [0.25, 0.3) is 5.91 Å². The van der Waals surface area contributed by atoms with E-state index < -0.39 is 0 Å². The van der Waals surface area contributed by atoms with Crippen molar-refractivity contribution in [3.63, 3.8) is 0 Å². The maximum absolute atomic E-state index is 12.4. The molecule has 0 aliphatic heterocycles. The van der Waals surface area contributed by atoms with Crippen molar-refractivity contribution in [2.24, 2.45) is 5.10 Å². The third-order valence-corrected chi connectivity index (χ3v) is 5.56. The van der Waals surface area contributed by atoms with Crippen LogP contribution >= 0.6 is 0 Å². The number of benzene rings is 4. The van der Waals surface area contributed by atoms with Crippen LogP contribution in [0.1, 0.15) is 11.1 Å². The van der Waals surface area contributed by atoms with Gasteiger partial charge in [-0.25, -0.2) is 5.43 Å². The van der Waals surface area contributed by atoms with E-state index in [0.29, 0.717) is 28.5 Å². The van der Waals surface area contributed by atoms with E-state index in [0.717, 1.165) is 16.3 Å². The third-order valence-electron chi connectivity index (χ3n) is 5.56. The van der Waals surface area contributed by atoms with Crippen molar-refractivity contribution in [2.45, 2.75) is 6.42 Å². The molecule has 0 bridgehead atoms. The van der Waals surface area contributed by atoms with Crippen LogP contribution < -0.4 is 25.0 Å². The number of nitrogens with one attached hydrogen (secondary N) is 2. The van der Waals surface area contributed by atoms with Crippen LogP contribution in [0.15, 0.2) is 90.0 Å². The Bertz CT molecular complexity index is 1430. The van der Waals surface area contributed by atoms with E-state index in [1.165, 1.54) is 20.4 Å². The van der Waals surface area contributed by atoms with Crippen molar-refractivity contribution in [2.75, 3.05) is 26.1 Å². The Hall–Kier alpha value is -4.85. The maximum atomic E-state index is 12.4. The van der Waals surface area contributed by atoms with Crippen LogP contribution in [0.3, 0.4) is 0 Å². The van der Waals surface area contributed by atoms with Crippen molar-refractivity contribution in [3.8, 4) is 17.2 Å². The lowest BCUT2D eigenvalue weighted by Gasteiger charge is -2.12. The molecule has 0 aliphatic carbocycles. The number of carbonyl (C=O) groups is 2. The average molecular weight is 498 g/mol. The predicted octanol–water partition coefficient (Wildman–Crippen LogP) is 4.57. The topological polar surface area (TPSA) is 98.3 Å². The van der Waals surface area contributed by atoms with E-state index in [4.69, 9.17) is 14.2 Å². The highest BCUT2D eigenvalue weighted by Crippen LogP contribution is 2.28. The van der Waals surface area contributed by atoms with Gasteiger partial charge in [-0.1, -0.05) is 54.6 Å². The molecule has 8 nitrogen and oxygen atoms in total. The highest BCUT2D eigenvalue weighted by molar-refractivity contribution is 5.93. The van der Waals surface area contributed by atoms with Crippen LogP contribution in [-0.4, -0.2) is 38.9 Å². The minimum atomic E-state index is -0.342. The summed E-state index contributed by atoms with van der Waals surface area (Å²) in [7, 11) is 3.04. The van der Waals surface area contributed by atoms with Gasteiger partial charge in [0.2, 0.25) is 5.91 Å². The second-order valence-corrected chi connectivity index (χ2v) is 8.06. The summed E-state index contributed by atoms with van der Waals surface area (Å²) in [6.45, 7) is -0.216. The fourth-order valence-corrected chi connectivity index (χ4v) is 3.80. The molecule has 0 fully saturated rings. The van der Waals surface area contributed by atoms with Gasteiger partial charge in [-0.05, 0) is 52.2 Å². The molecule has 0 unspecified atom stereocenters. The molecule has 2 N–H and O–H groups in total. The Morgan fingerprint density at radius 1 is 0.811 bits per heavy atom. The van der Waals surface area contributed by atoms with Gasteiger partial charge in [0, 0.05) is 0 Å². The van der Waals surface area contributed by atoms with Crippen LogP contribution in [0.4, 0.5) is 5.69 Å². The zero-order valence-electron chi connectivity index (χ0n) is 20.6. The maximum Gasteiger partial charge on any atom is 0.262 e. The van der Waals surface area contributed by atoms with E-state index in [-0.39, 0.29) is 24.8 Å². The molecule has 0 radical (unpaired) electrons. The van der Waals surface area contributed by atoms with Crippen molar-refractivity contribution < 1.29 is 23.8 Å². The van der Waals surface area contributed by atoms with Crippen LogP contribution in [0.5, 0.6) is 17.2 Å². The van der Waals surface area contributed by atoms with Crippen molar-refractivity contribution in [1.29, 1.82) is 0 Å². The van der Waals surface area contributed by atoms with Crippen molar-refractivity contribution >= 4 is 34.5 Å². The lowest BCUT2D eigenvalue weighted by molar-refractivity contribution is -0.120. The second kappa shape index (κ2) is 12.2. The van der Waals surface area contributed by atoms with Gasteiger partial charge in [0.15, 0.2) is 18.1 Å². The molecule has 0 saturated heterocycles. The predicted molar refractivity (Wildman–Crippen MR) is 144 cm³/mol. The molecular weight excluding hydrogens is 470 g/mol. The second-order valence-electron chi connectivity index (χ2n) is 8.06. The SMILES string of the molecule is COc1ccccc1NC(=O)COc1ccc(/C=N\NC(=O)Cc2cccc3ccccc23)cc1OC. The highest BCUT2D eigenvalue weighted by atomic mass is 16.5. The summed E-state index contributed by atoms with van der Waals surface area (Å²) in [6.07, 6.45) is 1.73. The number of amides is 2. The molecule has 0 heterocycles. The molecule has 0 spiro atoms. The number of hydrazone groups is 1. The van der Waals surface area contributed by atoms with Gasteiger partial charge in [0.05, 0.1) is 32.5 Å². The van der Waals surface area contributed by atoms with Gasteiger partial charge in [-0.15, -0.1) is 0 Å². The van der Waals surface area contributed by atoms with Gasteiger partial charge < -0.3 is 19.5 Å². The normalized spacial score (nSPS) is 10.8. The molecule has 8 heteroatoms. The number of rotatable bonds is 10. The summed E-state index contributed by atoms with van der Waals surface area (Å²) in [5.74, 6) is 0.818. The molecule has 0 saturated carbocycles. The molecule has 4 aromatic carbocycles. The van der Waals surface area contributed by atoms with E-state index in [2.05, 4.69) is 15.8 Å². The number of nitrogens with zero attached hydrogens (tertiary/aromatic N) is 1. The summed E-state index contributed by atoms with van der Waals surface area (Å²) < 4.78 is 16.3. The smallest absolute Gasteiger partial charge is 0.262 e. The first kappa shape index (κ1) is 25.2. The van der Waals surface area contributed by atoms with Gasteiger partial charge >= 0.3 is 0 Å². The molecule has 0 atom stereocenters. The highest BCUT2D eigenvalue weighted by Gasteiger charge is 2.11. The van der Waals surface area contributed by atoms with E-state index in [9.17, 15) is 9.59 Å². The third kappa shape index (κ3) is 6.64. The van der Waals surface area contributed by atoms with Crippen LogP contribution in [0.25, 0.3) is 10.8 Å². The van der Waals surface area contributed by atoms with Crippen LogP contribution in [-0.2, 0) is 16.0 Å². The summed E-state index contributed by atoms with van der Waals surface area (Å²) in [6, 6.07) is 26.1. The van der Waals surface area contributed by atoms with Crippen molar-refractivity contribution in [3.05, 3.63) is 96.1 Å². The standard InChI is InChI=1S/C29H27N3O5/c1-35-25-13-6-5-12-24(25)31-29(34)19-37-26-15-14-20(16-27(26)36-2)18-30-32-28(33)17-22-10-7-9-21-8-3-4-11-23(21)22/h3-16,18H,17,19H2,1-2H3,(H,31,34)(H,32,33)/b30-18-. The first-order valence-corrected chi connectivity index (χ1v) is 11.6. The fourth-order valence-electron chi connectivity index (χ4n) is 3.80. The van der Waals surface area contributed by atoms with E-state index in [1.807, 2.05) is 48.5 Å². The zero-order valence-corrected chi connectivity index (χ0v) is 20.6. The van der Waals surface area contributed by atoms with Crippen molar-refractivity contribution in [1.82, 2.24) is 5.43 Å². The Balaban J connectivity index is 1.32.